The Morgan fingerprint density at radius 3 is 1.67 bits per heavy atom. The van der Waals surface area contributed by atoms with Crippen LogP contribution in [0.4, 0.5) is 0 Å². The Hall–Kier alpha value is -4.62. The number of methoxy groups -OCH3 is 1. The van der Waals surface area contributed by atoms with Crippen LogP contribution in [0.15, 0.2) is 0 Å². The van der Waals surface area contributed by atoms with E-state index in [2.05, 4.69) is 42.0 Å². The van der Waals surface area contributed by atoms with Crippen molar-refractivity contribution in [2.45, 2.75) is 57.2 Å². The topological polar surface area (TPSA) is 306 Å². The first-order valence-electron chi connectivity index (χ1n) is 13.8. The number of nitrogens with two attached hydrogens (primary N) is 2. The van der Waals surface area contributed by atoms with E-state index in [1.807, 2.05) is 0 Å². The first-order valence-corrected chi connectivity index (χ1v) is 15.2. The molecule has 3 atom stereocenters. The Morgan fingerprint density at radius 2 is 1.22 bits per heavy atom. The van der Waals surface area contributed by atoms with E-state index in [-0.39, 0.29) is 38.2 Å². The molecule has 0 aliphatic heterocycles. The van der Waals surface area contributed by atoms with Gasteiger partial charge in [-0.2, -0.15) is 11.8 Å². The zero-order chi connectivity index (χ0) is 34.4. The largest absolute Gasteiger partial charge is 0.469 e. The molecular weight excluding hydrogens is 616 g/mol. The average Bonchev–Trinajstić information content (AvgIpc) is 2.98. The fourth-order valence-electron chi connectivity index (χ4n) is 3.55. The molecule has 45 heavy (non-hydrogen) atoms. The average molecular weight is 661 g/mol. The standard InChI is InChI=1S/C25H44N10O9S/c1-14(36)33-16(6-7-21(40)44-2)23(42)31-13-20(39)35-17(8-10-45-3)24(43)32-12-19(38)34-15(5-4-9-29-25(27)28)22(41)30-11-18(26)37/h15-17H,4-13H2,1-3H3,(H2,26,37)(H,30,41)(H,31,42)(H,32,43)(H,33,36)(H,34,38)(H,35,39)(H4,27,28,29)/t15?,16-,17?/m0/s1. The van der Waals surface area contributed by atoms with Crippen LogP contribution in [-0.4, -0.2) is 117 Å². The van der Waals surface area contributed by atoms with E-state index in [0.717, 1.165) is 0 Å². The molecule has 0 heterocycles. The normalized spacial score (nSPS) is 12.2. The summed E-state index contributed by atoms with van der Waals surface area (Å²) in [5, 5.41) is 24.1. The second kappa shape index (κ2) is 22.9. The second-order valence-corrected chi connectivity index (χ2v) is 10.5. The molecule has 7 amide bonds. The lowest BCUT2D eigenvalue weighted by molar-refractivity contribution is -0.141. The maximum absolute atomic E-state index is 12.8. The van der Waals surface area contributed by atoms with Crippen LogP contribution in [0.25, 0.3) is 0 Å². The van der Waals surface area contributed by atoms with Gasteiger partial charge in [0.2, 0.25) is 41.4 Å². The molecule has 0 bridgehead atoms. The highest BCUT2D eigenvalue weighted by Crippen LogP contribution is 2.03. The molecule has 12 N–H and O–H groups in total. The number of esters is 1. The minimum Gasteiger partial charge on any atom is -0.469 e. The SMILES string of the molecule is COC(=O)CC[C@H](NC(C)=O)C(=O)NCC(=O)NC(CCSC)C(=O)NCC(=O)NC(CCCNC(=N)N)C(=O)NCC(N)=O. The summed E-state index contributed by atoms with van der Waals surface area (Å²) in [7, 11) is 1.18. The van der Waals surface area contributed by atoms with Crippen LogP contribution in [0.3, 0.4) is 0 Å². The molecule has 20 heteroatoms. The van der Waals surface area contributed by atoms with E-state index in [1.165, 1.54) is 25.8 Å². The number of rotatable bonds is 22. The van der Waals surface area contributed by atoms with Crippen molar-refractivity contribution in [3.05, 3.63) is 0 Å². The number of primary amides is 1. The van der Waals surface area contributed by atoms with Crippen LogP contribution in [0, 0.1) is 5.41 Å². The van der Waals surface area contributed by atoms with Gasteiger partial charge in [0.1, 0.15) is 18.1 Å². The van der Waals surface area contributed by atoms with Crippen molar-refractivity contribution in [3.8, 4) is 0 Å². The van der Waals surface area contributed by atoms with Gasteiger partial charge >= 0.3 is 5.97 Å². The third-order valence-electron chi connectivity index (χ3n) is 5.74. The number of hydrogen-bond acceptors (Lipinski definition) is 11. The number of nitrogens with one attached hydrogen (secondary N) is 8. The molecule has 0 fully saturated rings. The Bertz CT molecular complexity index is 1080. The number of carbonyl (C=O) groups is 8. The van der Waals surface area contributed by atoms with Crippen molar-refractivity contribution < 1.29 is 43.1 Å². The molecule has 254 valence electrons. The van der Waals surface area contributed by atoms with E-state index in [1.54, 1.807) is 6.26 Å². The molecule has 0 aliphatic carbocycles. The zero-order valence-corrected chi connectivity index (χ0v) is 26.4. The van der Waals surface area contributed by atoms with Crippen molar-refractivity contribution in [1.29, 1.82) is 5.41 Å². The van der Waals surface area contributed by atoms with Gasteiger partial charge < -0.3 is 53.4 Å². The Kier molecular flexibility index (Phi) is 20.5. The van der Waals surface area contributed by atoms with Crippen LogP contribution >= 0.6 is 11.8 Å². The van der Waals surface area contributed by atoms with Crippen LogP contribution in [-0.2, 0) is 43.1 Å². The van der Waals surface area contributed by atoms with Crippen LogP contribution in [0.5, 0.6) is 0 Å². The third kappa shape index (κ3) is 20.1. The van der Waals surface area contributed by atoms with Crippen molar-refractivity contribution in [3.63, 3.8) is 0 Å². The van der Waals surface area contributed by atoms with E-state index in [0.29, 0.717) is 12.2 Å². The van der Waals surface area contributed by atoms with Gasteiger partial charge in [0.25, 0.3) is 0 Å². The predicted molar refractivity (Wildman–Crippen MR) is 163 cm³/mol. The van der Waals surface area contributed by atoms with Crippen molar-refractivity contribution in [1.82, 2.24) is 37.2 Å². The molecular formula is C25H44N10O9S. The summed E-state index contributed by atoms with van der Waals surface area (Å²) in [6.45, 7) is -0.123. The smallest absolute Gasteiger partial charge is 0.305 e. The maximum atomic E-state index is 12.8. The molecule has 0 spiro atoms. The van der Waals surface area contributed by atoms with E-state index in [4.69, 9.17) is 16.9 Å². The Labute approximate surface area is 264 Å². The Morgan fingerprint density at radius 1 is 0.733 bits per heavy atom. The van der Waals surface area contributed by atoms with Crippen LogP contribution in [0.1, 0.15) is 39.0 Å². The van der Waals surface area contributed by atoms with E-state index >= 15 is 0 Å². The maximum Gasteiger partial charge on any atom is 0.305 e. The minimum atomic E-state index is -1.10. The number of guanidine groups is 1. The molecule has 0 saturated heterocycles. The summed E-state index contributed by atoms with van der Waals surface area (Å²) >= 11 is 1.40. The fraction of sp³-hybridized carbons (Fsp3) is 0.640. The summed E-state index contributed by atoms with van der Waals surface area (Å²) in [5.41, 5.74) is 10.3. The van der Waals surface area contributed by atoms with Crippen LogP contribution < -0.4 is 48.7 Å². The molecule has 0 aliphatic rings. The molecule has 0 aromatic heterocycles. The number of hydrogen-bond donors (Lipinski definition) is 10. The van der Waals surface area contributed by atoms with Gasteiger partial charge in [-0.15, -0.1) is 0 Å². The number of carbonyl (C=O) groups excluding carboxylic acids is 8. The van der Waals surface area contributed by atoms with E-state index in [9.17, 15) is 38.4 Å². The summed E-state index contributed by atoms with van der Waals surface area (Å²) in [5.74, 6) is -5.28. The first kappa shape index (κ1) is 40.4. The highest BCUT2D eigenvalue weighted by molar-refractivity contribution is 7.98. The Balaban J connectivity index is 5.15. The summed E-state index contributed by atoms with van der Waals surface area (Å²) in [6, 6.07) is -3.27. The number of ether oxygens (including phenoxy) is 1. The van der Waals surface area contributed by atoms with Gasteiger partial charge in [-0.25, -0.2) is 0 Å². The van der Waals surface area contributed by atoms with Gasteiger partial charge in [-0.3, -0.25) is 43.8 Å². The number of thioether (sulfide) groups is 1. The van der Waals surface area contributed by atoms with Crippen LogP contribution in [0.2, 0.25) is 0 Å². The predicted octanol–water partition coefficient (Wildman–Crippen LogP) is -4.74. The molecule has 0 saturated carbocycles. The lowest BCUT2D eigenvalue weighted by Crippen LogP contribution is -2.54. The van der Waals surface area contributed by atoms with Crippen molar-refractivity contribution in [2.75, 3.05) is 45.3 Å². The molecule has 0 rings (SSSR count). The van der Waals surface area contributed by atoms with Gasteiger partial charge in [-0.1, -0.05) is 0 Å². The highest BCUT2D eigenvalue weighted by atomic mass is 32.2. The summed E-state index contributed by atoms with van der Waals surface area (Å²) in [4.78, 5) is 96.8. The number of amides is 7. The third-order valence-corrected chi connectivity index (χ3v) is 6.39. The lowest BCUT2D eigenvalue weighted by atomic mass is 10.1. The van der Waals surface area contributed by atoms with Gasteiger partial charge in [0.05, 0.1) is 26.7 Å². The van der Waals surface area contributed by atoms with Crippen molar-refractivity contribution in [2.24, 2.45) is 11.5 Å². The second-order valence-electron chi connectivity index (χ2n) is 9.49. The molecule has 2 unspecified atom stereocenters. The van der Waals surface area contributed by atoms with E-state index < -0.39 is 85.1 Å². The monoisotopic (exact) mass is 660 g/mol. The first-order chi connectivity index (χ1) is 21.2. The van der Waals surface area contributed by atoms with Gasteiger partial charge in [0, 0.05) is 19.9 Å². The van der Waals surface area contributed by atoms with Gasteiger partial charge in [-0.05, 0) is 37.7 Å². The quantitative estimate of drug-likeness (QED) is 0.0227. The molecule has 19 nitrogen and oxygen atoms in total. The molecule has 0 radical (unpaired) electrons. The molecule has 0 aromatic carbocycles. The highest BCUT2D eigenvalue weighted by Gasteiger charge is 2.25. The zero-order valence-electron chi connectivity index (χ0n) is 25.5. The summed E-state index contributed by atoms with van der Waals surface area (Å²) in [6.07, 6.45) is 2.18. The molecule has 0 aromatic rings. The van der Waals surface area contributed by atoms with Gasteiger partial charge in [0.15, 0.2) is 5.96 Å². The van der Waals surface area contributed by atoms with Crippen molar-refractivity contribution >= 4 is 65.0 Å². The minimum absolute atomic E-state index is 0.0660. The summed E-state index contributed by atoms with van der Waals surface area (Å²) < 4.78 is 4.53. The lowest BCUT2D eigenvalue weighted by Gasteiger charge is -2.21. The fourth-order valence-corrected chi connectivity index (χ4v) is 4.02.